The van der Waals surface area contributed by atoms with Gasteiger partial charge in [0.1, 0.15) is 5.82 Å². The van der Waals surface area contributed by atoms with Crippen LogP contribution in [0, 0.1) is 23.1 Å². The zero-order valence-electron chi connectivity index (χ0n) is 8.79. The Kier molecular flexibility index (Phi) is 5.24. The molecular formula is C12H13ClFNO. The van der Waals surface area contributed by atoms with E-state index < -0.39 is 0 Å². The summed E-state index contributed by atoms with van der Waals surface area (Å²) in [6, 6.07) is 6.30. The van der Waals surface area contributed by atoms with Gasteiger partial charge in [-0.05, 0) is 36.5 Å². The summed E-state index contributed by atoms with van der Waals surface area (Å²) >= 11 is 5.87. The lowest BCUT2D eigenvalue weighted by Gasteiger charge is -2.10. The van der Waals surface area contributed by atoms with E-state index in [1.165, 1.54) is 12.1 Å². The maximum atomic E-state index is 12.8. The van der Waals surface area contributed by atoms with E-state index in [1.54, 1.807) is 6.07 Å². The van der Waals surface area contributed by atoms with Crippen molar-refractivity contribution in [2.24, 2.45) is 5.92 Å². The topological polar surface area (TPSA) is 44.0 Å². The number of halogens is 2. The van der Waals surface area contributed by atoms with Crippen LogP contribution in [0.4, 0.5) is 4.39 Å². The lowest BCUT2D eigenvalue weighted by atomic mass is 9.98. The molecule has 0 spiro atoms. The molecule has 16 heavy (non-hydrogen) atoms. The maximum Gasteiger partial charge on any atom is 0.124 e. The molecule has 2 nitrogen and oxygen atoms in total. The normalized spacial score (nSPS) is 12.1. The third-order valence-corrected chi connectivity index (χ3v) is 2.83. The molecule has 1 unspecified atom stereocenters. The Balaban J connectivity index is 2.57. The summed E-state index contributed by atoms with van der Waals surface area (Å²) in [5.74, 6) is -0.393. The first-order valence-corrected chi connectivity index (χ1v) is 5.47. The predicted octanol–water partition coefficient (Wildman–Crippen LogP) is 2.93. The Morgan fingerprint density at radius 2 is 2.25 bits per heavy atom. The van der Waals surface area contributed by atoms with Crippen molar-refractivity contribution in [1.29, 1.82) is 5.26 Å². The van der Waals surface area contributed by atoms with E-state index in [4.69, 9.17) is 22.0 Å². The second kappa shape index (κ2) is 6.47. The summed E-state index contributed by atoms with van der Waals surface area (Å²) in [5, 5.41) is 17.9. The van der Waals surface area contributed by atoms with Gasteiger partial charge in [-0.3, -0.25) is 0 Å². The van der Waals surface area contributed by atoms with Crippen LogP contribution in [-0.2, 0) is 6.42 Å². The van der Waals surface area contributed by atoms with Gasteiger partial charge in [0.05, 0.1) is 6.07 Å². The van der Waals surface area contributed by atoms with Gasteiger partial charge in [-0.1, -0.05) is 17.7 Å². The van der Waals surface area contributed by atoms with E-state index in [0.29, 0.717) is 24.3 Å². The minimum absolute atomic E-state index is 0.00757. The summed E-state index contributed by atoms with van der Waals surface area (Å²) in [4.78, 5) is 0. The van der Waals surface area contributed by atoms with Crippen LogP contribution < -0.4 is 0 Å². The third-order valence-electron chi connectivity index (χ3n) is 2.48. The fraction of sp³-hybridized carbons (Fsp3) is 0.417. The van der Waals surface area contributed by atoms with Crippen molar-refractivity contribution in [2.75, 3.05) is 6.61 Å². The average Bonchev–Trinajstić information content (AvgIpc) is 2.26. The number of hydrogen-bond acceptors (Lipinski definition) is 2. The zero-order valence-corrected chi connectivity index (χ0v) is 9.54. The fourth-order valence-electron chi connectivity index (χ4n) is 1.47. The van der Waals surface area contributed by atoms with Gasteiger partial charge in [-0.15, -0.1) is 0 Å². The minimum Gasteiger partial charge on any atom is -0.396 e. The number of aryl methyl sites for hydroxylation is 1. The van der Waals surface area contributed by atoms with Crippen molar-refractivity contribution >= 4 is 11.6 Å². The van der Waals surface area contributed by atoms with Crippen molar-refractivity contribution in [3.63, 3.8) is 0 Å². The quantitative estimate of drug-likeness (QED) is 0.861. The summed E-state index contributed by atoms with van der Waals surface area (Å²) in [6.07, 6.45) is 1.65. The van der Waals surface area contributed by atoms with E-state index in [-0.39, 0.29) is 18.3 Å². The van der Waals surface area contributed by atoms with Crippen LogP contribution in [0.15, 0.2) is 18.2 Å². The second-order valence-corrected chi connectivity index (χ2v) is 4.09. The van der Waals surface area contributed by atoms with Crippen LogP contribution in [-0.4, -0.2) is 11.7 Å². The highest BCUT2D eigenvalue weighted by atomic mass is 35.5. The first kappa shape index (κ1) is 13.0. The molecule has 0 aliphatic carbocycles. The van der Waals surface area contributed by atoms with Crippen LogP contribution >= 0.6 is 11.6 Å². The van der Waals surface area contributed by atoms with E-state index >= 15 is 0 Å². The fourth-order valence-corrected chi connectivity index (χ4v) is 1.73. The van der Waals surface area contributed by atoms with Crippen molar-refractivity contribution in [2.45, 2.75) is 19.3 Å². The molecule has 1 N–H and O–H groups in total. The SMILES string of the molecule is N#CCC(CO)CCc1ccc(F)cc1Cl. The van der Waals surface area contributed by atoms with Gasteiger partial charge in [0.15, 0.2) is 0 Å². The maximum absolute atomic E-state index is 12.8. The third kappa shape index (κ3) is 3.80. The van der Waals surface area contributed by atoms with Crippen molar-refractivity contribution in [3.8, 4) is 6.07 Å². The number of hydrogen-bond donors (Lipinski definition) is 1. The Labute approximate surface area is 99.3 Å². The summed E-state index contributed by atoms with van der Waals surface area (Å²) in [6.45, 7) is -0.00757. The molecule has 0 aliphatic heterocycles. The molecule has 4 heteroatoms. The Morgan fingerprint density at radius 1 is 1.50 bits per heavy atom. The van der Waals surface area contributed by atoms with E-state index in [1.807, 2.05) is 6.07 Å². The molecule has 0 saturated carbocycles. The highest BCUT2D eigenvalue weighted by Gasteiger charge is 2.09. The lowest BCUT2D eigenvalue weighted by molar-refractivity contribution is 0.221. The van der Waals surface area contributed by atoms with Gasteiger partial charge in [0.2, 0.25) is 0 Å². The Bertz CT molecular complexity index is 389. The van der Waals surface area contributed by atoms with Crippen LogP contribution in [0.5, 0.6) is 0 Å². The van der Waals surface area contributed by atoms with Gasteiger partial charge in [-0.25, -0.2) is 4.39 Å². The standard InChI is InChI=1S/C12H13ClFNO/c13-12-7-11(14)4-3-10(12)2-1-9(8-16)5-6-15/h3-4,7,9,16H,1-2,5,8H2. The largest absolute Gasteiger partial charge is 0.396 e. The van der Waals surface area contributed by atoms with E-state index in [0.717, 1.165) is 5.56 Å². The molecule has 0 aromatic heterocycles. The van der Waals surface area contributed by atoms with Crippen LogP contribution in [0.1, 0.15) is 18.4 Å². The first-order valence-electron chi connectivity index (χ1n) is 5.09. The highest BCUT2D eigenvalue weighted by Crippen LogP contribution is 2.21. The molecule has 0 fully saturated rings. The average molecular weight is 242 g/mol. The number of rotatable bonds is 5. The van der Waals surface area contributed by atoms with E-state index in [9.17, 15) is 4.39 Å². The monoisotopic (exact) mass is 241 g/mol. The molecule has 1 aromatic rings. The van der Waals surface area contributed by atoms with Crippen molar-refractivity contribution < 1.29 is 9.50 Å². The molecular weight excluding hydrogens is 229 g/mol. The Hall–Kier alpha value is -1.11. The summed E-state index contributed by atoms with van der Waals surface area (Å²) in [7, 11) is 0. The van der Waals surface area contributed by atoms with Gasteiger partial charge < -0.3 is 5.11 Å². The second-order valence-electron chi connectivity index (χ2n) is 3.69. The molecule has 0 bridgehead atoms. The smallest absolute Gasteiger partial charge is 0.124 e. The van der Waals surface area contributed by atoms with Crippen molar-refractivity contribution in [3.05, 3.63) is 34.6 Å². The summed E-state index contributed by atoms with van der Waals surface area (Å²) in [5.41, 5.74) is 0.847. The highest BCUT2D eigenvalue weighted by molar-refractivity contribution is 6.31. The zero-order chi connectivity index (χ0) is 12.0. The minimum atomic E-state index is -0.357. The molecule has 1 rings (SSSR count). The number of benzene rings is 1. The van der Waals surface area contributed by atoms with E-state index in [2.05, 4.69) is 0 Å². The number of nitriles is 1. The predicted molar refractivity (Wildman–Crippen MR) is 60.5 cm³/mol. The number of aliphatic hydroxyl groups is 1. The molecule has 0 radical (unpaired) electrons. The van der Waals surface area contributed by atoms with Gasteiger partial charge in [-0.2, -0.15) is 5.26 Å². The van der Waals surface area contributed by atoms with Crippen LogP contribution in [0.2, 0.25) is 5.02 Å². The molecule has 1 aromatic carbocycles. The van der Waals surface area contributed by atoms with Crippen LogP contribution in [0.3, 0.4) is 0 Å². The lowest BCUT2D eigenvalue weighted by Crippen LogP contribution is -2.06. The van der Waals surface area contributed by atoms with Gasteiger partial charge >= 0.3 is 0 Å². The molecule has 0 saturated heterocycles. The molecule has 1 atom stereocenters. The summed E-state index contributed by atoms with van der Waals surface area (Å²) < 4.78 is 12.8. The number of aliphatic hydroxyl groups excluding tert-OH is 1. The molecule has 0 aliphatic rings. The molecule has 0 amide bonds. The van der Waals surface area contributed by atoms with Crippen LogP contribution in [0.25, 0.3) is 0 Å². The molecule has 0 heterocycles. The van der Waals surface area contributed by atoms with Crippen molar-refractivity contribution in [1.82, 2.24) is 0 Å². The first-order chi connectivity index (χ1) is 7.67. The van der Waals surface area contributed by atoms with Gasteiger partial charge in [0.25, 0.3) is 0 Å². The Morgan fingerprint density at radius 3 is 2.81 bits per heavy atom. The number of nitrogens with zero attached hydrogens (tertiary/aromatic N) is 1. The molecule has 86 valence electrons. The van der Waals surface area contributed by atoms with Gasteiger partial charge in [0, 0.05) is 18.1 Å².